The van der Waals surface area contributed by atoms with Crippen molar-refractivity contribution in [1.82, 2.24) is 0 Å². The zero-order valence-electron chi connectivity index (χ0n) is 11.6. The summed E-state index contributed by atoms with van der Waals surface area (Å²) in [7, 11) is 0. The molecule has 136 valence electrons. The van der Waals surface area contributed by atoms with Crippen LogP contribution in [-0.2, 0) is 95.4 Å². The molecule has 26 heavy (non-hydrogen) atoms. The fourth-order valence-corrected chi connectivity index (χ4v) is 0. The molecule has 0 aromatic rings. The topological polar surface area (TPSA) is 239 Å². The molecule has 0 heterocycles. The minimum atomic E-state index is 0. The SMILES string of the molecule is [C-]#[O+].[C-]#[O+].[C-]#[O+].[C-]#[O+].[C-]#[O+].[C-]#[O+].[C-]#[O+].[C-]#[O+].[C-]#[O+].[C-]#[O+].[C-]#[O+].[C-]#[O+].[Os].[Os]. The van der Waals surface area contributed by atoms with Crippen LogP contribution in [0, 0.1) is 79.8 Å². The molecule has 0 rings (SSSR count). The van der Waals surface area contributed by atoms with Crippen molar-refractivity contribution in [1.29, 1.82) is 0 Å². The Labute approximate surface area is 175 Å². The fraction of sp³-hybridized carbons (Fsp3) is 0. The molecule has 0 aliphatic rings. The largest absolute Gasteiger partial charge is 0 e. The molecule has 0 atom stereocenters. The van der Waals surface area contributed by atoms with Gasteiger partial charge in [-0.3, -0.25) is 0 Å². The zero-order valence-corrected chi connectivity index (χ0v) is 16.7. The van der Waals surface area contributed by atoms with Crippen molar-refractivity contribution in [2.45, 2.75) is 0 Å². The first-order valence-corrected chi connectivity index (χ1v) is 2.45. The van der Waals surface area contributed by atoms with Crippen LogP contribution in [0.1, 0.15) is 0 Å². The number of rotatable bonds is 0. The second-order valence-corrected chi connectivity index (χ2v) is 0. The molecule has 0 spiro atoms. The van der Waals surface area contributed by atoms with E-state index in [1.165, 1.54) is 0 Å². The molecule has 0 radical (unpaired) electrons. The van der Waals surface area contributed by atoms with Crippen LogP contribution < -0.4 is 0 Å². The quantitative estimate of drug-likeness (QED) is 0.229. The predicted molar refractivity (Wildman–Crippen MR) is 47.2 cm³/mol. The van der Waals surface area contributed by atoms with Gasteiger partial charge in [0.25, 0.3) is 0 Å². The minimum absolute atomic E-state index is 0. The van der Waals surface area contributed by atoms with E-state index in [1.807, 2.05) is 0 Å². The van der Waals surface area contributed by atoms with Gasteiger partial charge in [0, 0.05) is 39.6 Å². The van der Waals surface area contributed by atoms with Gasteiger partial charge in [-0.1, -0.05) is 0 Å². The Morgan fingerprint density at radius 3 is 0.154 bits per heavy atom. The van der Waals surface area contributed by atoms with Gasteiger partial charge in [0.1, 0.15) is 0 Å². The van der Waals surface area contributed by atoms with Crippen LogP contribution in [0.3, 0.4) is 0 Å². The van der Waals surface area contributed by atoms with Crippen molar-refractivity contribution in [3.8, 4) is 0 Å². The van der Waals surface area contributed by atoms with Gasteiger partial charge in [0.2, 0.25) is 0 Å². The number of hydrogen-bond acceptors (Lipinski definition) is 0. The molecular weight excluding hydrogens is 717 g/mol. The summed E-state index contributed by atoms with van der Waals surface area (Å²) in [4.78, 5) is 0. The molecule has 0 N–H and O–H groups in total. The molecule has 12 nitrogen and oxygen atoms in total. The smallest absolute Gasteiger partial charge is 0 e. The van der Waals surface area contributed by atoms with E-state index in [9.17, 15) is 0 Å². The second-order valence-electron chi connectivity index (χ2n) is 0. The Balaban J connectivity index is -0.00000000500. The van der Waals surface area contributed by atoms with E-state index >= 15 is 0 Å². The second kappa shape index (κ2) is 3330. The van der Waals surface area contributed by atoms with Crippen LogP contribution in [0.2, 0.25) is 0 Å². The standard InChI is InChI=1S/12CO.2Os/c12*1-2;;. The van der Waals surface area contributed by atoms with Crippen LogP contribution >= 0.6 is 0 Å². The summed E-state index contributed by atoms with van der Waals surface area (Å²) in [6, 6.07) is 0. The van der Waals surface area contributed by atoms with Crippen LogP contribution in [0.4, 0.5) is 0 Å². The van der Waals surface area contributed by atoms with Gasteiger partial charge in [-0.15, -0.1) is 0 Å². The maximum absolute atomic E-state index is 7.50. The maximum atomic E-state index is 7.50. The first-order chi connectivity index (χ1) is 12.0. The van der Waals surface area contributed by atoms with Crippen molar-refractivity contribution in [2.24, 2.45) is 0 Å². The van der Waals surface area contributed by atoms with Crippen LogP contribution in [0.5, 0.6) is 0 Å². The Hall–Kier alpha value is -1.85. The monoisotopic (exact) mass is 720 g/mol. The molecule has 0 aromatic carbocycles. The summed E-state index contributed by atoms with van der Waals surface area (Å²) in [5.74, 6) is 0. The van der Waals surface area contributed by atoms with Gasteiger partial charge in [0.05, 0.1) is 0 Å². The molecule has 0 aliphatic heterocycles. The van der Waals surface area contributed by atoms with E-state index in [0.717, 1.165) is 0 Å². The molecule has 14 heteroatoms. The van der Waals surface area contributed by atoms with Gasteiger partial charge in [-0.2, -0.15) is 0 Å². The average Bonchev–Trinajstić information content (AvgIpc) is 2.84. The molecular formula is C12O12Os2. The molecule has 0 unspecified atom stereocenters. The van der Waals surface area contributed by atoms with Gasteiger partial charge < -0.3 is 0 Å². The van der Waals surface area contributed by atoms with E-state index in [4.69, 9.17) is 55.8 Å². The molecule has 0 saturated carbocycles. The van der Waals surface area contributed by atoms with E-state index < -0.39 is 0 Å². The van der Waals surface area contributed by atoms with E-state index in [0.29, 0.717) is 0 Å². The van der Waals surface area contributed by atoms with Crippen molar-refractivity contribution in [2.75, 3.05) is 0 Å². The first kappa shape index (κ1) is 126. The van der Waals surface area contributed by atoms with Gasteiger partial charge in [0.15, 0.2) is 0 Å². The summed E-state index contributed by atoms with van der Waals surface area (Å²) >= 11 is 0. The Bertz CT molecular complexity index is 220. The molecule has 0 aliphatic carbocycles. The maximum Gasteiger partial charge on any atom is 0 e. The third-order valence-corrected chi connectivity index (χ3v) is 0. The Morgan fingerprint density at radius 2 is 0.154 bits per heavy atom. The summed E-state index contributed by atoms with van der Waals surface area (Å²) in [5.41, 5.74) is 0. The summed E-state index contributed by atoms with van der Waals surface area (Å²) in [6.45, 7) is 54.0. The zero-order chi connectivity index (χ0) is 24.0. The third kappa shape index (κ3) is 2900. The molecule has 0 amide bonds. The van der Waals surface area contributed by atoms with Crippen molar-refractivity contribution in [3.63, 3.8) is 0 Å². The predicted octanol–water partition coefficient (Wildman–Crippen LogP) is -0.455. The van der Waals surface area contributed by atoms with Crippen molar-refractivity contribution in [3.05, 3.63) is 79.8 Å². The van der Waals surface area contributed by atoms with Gasteiger partial charge in [-0.25, -0.2) is 0 Å². The Kier molecular flexibility index (Phi) is 16100. The average molecular weight is 717 g/mol. The van der Waals surface area contributed by atoms with Crippen LogP contribution in [0.25, 0.3) is 0 Å². The fourth-order valence-electron chi connectivity index (χ4n) is 0. The molecule has 0 saturated heterocycles. The Morgan fingerprint density at radius 1 is 0.154 bits per heavy atom. The van der Waals surface area contributed by atoms with E-state index in [-0.39, 0.29) is 39.6 Å². The first-order valence-electron chi connectivity index (χ1n) is 2.45. The summed E-state index contributed by atoms with van der Waals surface area (Å²) in [6.07, 6.45) is 0. The summed E-state index contributed by atoms with van der Waals surface area (Å²) < 4.78 is 90.0. The van der Waals surface area contributed by atoms with E-state index in [1.54, 1.807) is 0 Å². The number of hydrogen-bond donors (Lipinski definition) is 0. The third-order valence-electron chi connectivity index (χ3n) is 0. The van der Waals surface area contributed by atoms with Crippen LogP contribution in [-0.4, -0.2) is 0 Å². The van der Waals surface area contributed by atoms with E-state index in [2.05, 4.69) is 79.8 Å². The molecule has 0 aromatic heterocycles. The van der Waals surface area contributed by atoms with Crippen LogP contribution in [0.15, 0.2) is 0 Å². The normalized spacial score (nSPS) is 0.923. The minimum Gasteiger partial charge on any atom is 0 e. The van der Waals surface area contributed by atoms with Gasteiger partial charge >= 0.3 is 136 Å². The summed E-state index contributed by atoms with van der Waals surface area (Å²) in [5, 5.41) is 0. The van der Waals surface area contributed by atoms with Gasteiger partial charge in [-0.05, 0) is 0 Å². The molecule has 0 bridgehead atoms. The van der Waals surface area contributed by atoms with Crippen molar-refractivity contribution < 1.29 is 95.4 Å². The molecule has 0 fully saturated rings. The van der Waals surface area contributed by atoms with Crippen molar-refractivity contribution >= 4 is 0 Å².